The van der Waals surface area contributed by atoms with Crippen molar-refractivity contribution in [1.29, 1.82) is 0 Å². The molecule has 0 saturated carbocycles. The summed E-state index contributed by atoms with van der Waals surface area (Å²) in [4.78, 5) is 9.35. The Morgan fingerprint density at radius 1 is 1.00 bits per heavy atom. The molecule has 6 nitrogen and oxygen atoms in total. The van der Waals surface area contributed by atoms with E-state index in [-0.39, 0.29) is 0 Å². The lowest BCUT2D eigenvalue weighted by Crippen LogP contribution is -2.23. The molecule has 0 atom stereocenters. The van der Waals surface area contributed by atoms with E-state index >= 15 is 0 Å². The highest BCUT2D eigenvalue weighted by Gasteiger charge is 2.25. The molecule has 0 spiro atoms. The third kappa shape index (κ3) is 1.89. The smallest absolute Gasteiger partial charge is 0.319 e. The van der Waals surface area contributed by atoms with E-state index in [1.165, 1.54) is 12.7 Å². The van der Waals surface area contributed by atoms with Crippen molar-refractivity contribution in [3.05, 3.63) is 11.1 Å². The van der Waals surface area contributed by atoms with Crippen LogP contribution < -0.4 is 0 Å². The van der Waals surface area contributed by atoms with Gasteiger partial charge in [-0.3, -0.25) is 0 Å². The van der Waals surface area contributed by atoms with E-state index in [2.05, 4.69) is 9.58 Å². The Balaban J connectivity index is 2.46. The first-order valence-electron chi connectivity index (χ1n) is 3.20. The zero-order valence-electron chi connectivity index (χ0n) is 5.96. The maximum Gasteiger partial charge on any atom is 0.319 e. The first kappa shape index (κ1) is 7.47. The summed E-state index contributed by atoms with van der Waals surface area (Å²) in [7, 11) is 0. The minimum atomic E-state index is 0.591. The van der Waals surface area contributed by atoms with E-state index < -0.39 is 0 Å². The summed E-state index contributed by atoms with van der Waals surface area (Å²) < 4.78 is 0. The molecule has 1 rings (SSSR count). The number of hydrogen-bond acceptors (Lipinski definition) is 0. The molecule has 0 bridgehead atoms. The van der Waals surface area contributed by atoms with Crippen LogP contribution in [-0.4, -0.2) is 51.8 Å². The molecule has 1 fully saturated rings. The van der Waals surface area contributed by atoms with Gasteiger partial charge in [0.25, 0.3) is 0 Å². The van der Waals surface area contributed by atoms with Crippen molar-refractivity contribution >= 4 is 12.7 Å². The van der Waals surface area contributed by atoms with Crippen LogP contribution in [0.5, 0.6) is 0 Å². The lowest BCUT2D eigenvalue weighted by molar-refractivity contribution is -0.0162. The van der Waals surface area contributed by atoms with Gasteiger partial charge in [-0.2, -0.15) is 0 Å². The maximum atomic E-state index is 8.17. The fraction of sp³-hybridized carbons (Fsp3) is 0.600. The van der Waals surface area contributed by atoms with Crippen molar-refractivity contribution in [2.75, 3.05) is 19.8 Å². The monoisotopic (exact) mass is 152 g/mol. The van der Waals surface area contributed by atoms with E-state index in [4.69, 9.17) is 11.1 Å². The molecule has 0 N–H and O–H groups in total. The topological polar surface area (TPSA) is 79.3 Å². The van der Waals surface area contributed by atoms with Crippen molar-refractivity contribution < 1.29 is 9.58 Å². The molecule has 58 valence electrons. The van der Waals surface area contributed by atoms with Crippen LogP contribution in [0.15, 0.2) is 0 Å². The van der Waals surface area contributed by atoms with Gasteiger partial charge in [-0.05, 0) is 0 Å². The molecule has 0 aromatic rings. The van der Waals surface area contributed by atoms with E-state index in [1.807, 2.05) is 0 Å². The zero-order chi connectivity index (χ0) is 8.10. The van der Waals surface area contributed by atoms with Gasteiger partial charge in [-0.25, -0.2) is 9.80 Å². The zero-order valence-corrected chi connectivity index (χ0v) is 5.96. The fourth-order valence-corrected chi connectivity index (χ4v) is 0.966. The summed E-state index contributed by atoms with van der Waals surface area (Å²) in [6, 6.07) is 0. The molecule has 1 aliphatic rings. The summed E-state index contributed by atoms with van der Waals surface area (Å²) in [5.74, 6) is 0. The van der Waals surface area contributed by atoms with Crippen molar-refractivity contribution in [3.63, 3.8) is 0 Å². The van der Waals surface area contributed by atoms with Crippen molar-refractivity contribution in [3.8, 4) is 0 Å². The number of nitrogens with zero attached hydrogens (tertiary/aromatic N) is 6. The highest BCUT2D eigenvalue weighted by molar-refractivity contribution is 5.53. The van der Waals surface area contributed by atoms with Crippen LogP contribution in [0.25, 0.3) is 11.1 Å². The Morgan fingerprint density at radius 2 is 1.45 bits per heavy atom. The van der Waals surface area contributed by atoms with Crippen LogP contribution in [0.3, 0.4) is 0 Å². The van der Waals surface area contributed by atoms with Crippen LogP contribution in [0.4, 0.5) is 0 Å². The summed E-state index contributed by atoms with van der Waals surface area (Å²) in [6.45, 7) is 2.14. The van der Waals surface area contributed by atoms with Gasteiger partial charge in [0.2, 0.25) is 6.67 Å². The van der Waals surface area contributed by atoms with E-state index in [0.29, 0.717) is 6.67 Å². The number of rotatable bonds is 2. The third-order valence-electron chi connectivity index (χ3n) is 1.47. The highest BCUT2D eigenvalue weighted by atomic mass is 15.4. The predicted molar refractivity (Wildman–Crippen MR) is 37.6 cm³/mol. The van der Waals surface area contributed by atoms with E-state index in [1.54, 1.807) is 9.80 Å². The second kappa shape index (κ2) is 3.51. The van der Waals surface area contributed by atoms with Crippen LogP contribution in [0.2, 0.25) is 0 Å². The van der Waals surface area contributed by atoms with Crippen LogP contribution in [-0.2, 0) is 0 Å². The van der Waals surface area contributed by atoms with Crippen LogP contribution in [0, 0.1) is 0 Å². The molecule has 0 aromatic carbocycles. The first-order chi connectivity index (χ1) is 5.36. The van der Waals surface area contributed by atoms with Crippen molar-refractivity contribution in [2.24, 2.45) is 0 Å². The lowest BCUT2D eigenvalue weighted by atomic mass is 10.6. The SMILES string of the molecule is [N-]=[N+]=CN1CCN(C=[N+]=[N-])C1. The van der Waals surface area contributed by atoms with Gasteiger partial charge < -0.3 is 20.6 Å². The maximum absolute atomic E-state index is 8.17. The molecule has 0 radical (unpaired) electrons. The first-order valence-corrected chi connectivity index (χ1v) is 3.20. The van der Waals surface area contributed by atoms with Crippen LogP contribution in [0.1, 0.15) is 0 Å². The second-order valence-corrected chi connectivity index (χ2v) is 2.23. The summed E-state index contributed by atoms with van der Waals surface area (Å²) >= 11 is 0. The largest absolute Gasteiger partial charge is 0.498 e. The van der Waals surface area contributed by atoms with Crippen molar-refractivity contribution in [1.82, 2.24) is 9.80 Å². The van der Waals surface area contributed by atoms with Gasteiger partial charge >= 0.3 is 12.7 Å². The average Bonchev–Trinajstić information content (AvgIpc) is 2.38. The second-order valence-electron chi connectivity index (χ2n) is 2.23. The van der Waals surface area contributed by atoms with Gasteiger partial charge in [0.05, 0.1) is 0 Å². The van der Waals surface area contributed by atoms with Gasteiger partial charge in [0.1, 0.15) is 13.1 Å². The van der Waals surface area contributed by atoms with E-state index in [0.717, 1.165) is 13.1 Å². The molecular formula is C5H8N6. The Morgan fingerprint density at radius 3 is 1.82 bits per heavy atom. The molecule has 0 unspecified atom stereocenters. The average molecular weight is 152 g/mol. The Bertz CT molecular complexity index is 199. The summed E-state index contributed by atoms with van der Waals surface area (Å²) in [5, 5.41) is 0. The third-order valence-corrected chi connectivity index (χ3v) is 1.47. The molecule has 0 amide bonds. The molecular weight excluding hydrogens is 144 g/mol. The molecule has 11 heavy (non-hydrogen) atoms. The lowest BCUT2D eigenvalue weighted by Gasteiger charge is -1.97. The highest BCUT2D eigenvalue weighted by Crippen LogP contribution is 1.97. The number of hydrogen-bond donors (Lipinski definition) is 0. The van der Waals surface area contributed by atoms with Gasteiger partial charge in [-0.15, -0.1) is 0 Å². The standard InChI is InChI=1S/C5H8N6/c6-8-3-10-1-2-11(5-10)4-9-7/h3-4H,1-2,5H2. The molecule has 1 aliphatic heterocycles. The Kier molecular flexibility index (Phi) is 2.38. The summed E-state index contributed by atoms with van der Waals surface area (Å²) in [6.07, 6.45) is 2.68. The minimum Gasteiger partial charge on any atom is -0.498 e. The van der Waals surface area contributed by atoms with E-state index in [9.17, 15) is 0 Å². The predicted octanol–water partition coefficient (Wildman–Crippen LogP) is -0.922. The van der Waals surface area contributed by atoms with Gasteiger partial charge in [0, 0.05) is 0 Å². The normalized spacial score (nSPS) is 15.6. The van der Waals surface area contributed by atoms with Crippen LogP contribution >= 0.6 is 0 Å². The Labute approximate surface area is 63.9 Å². The molecule has 1 heterocycles. The molecule has 1 saturated heterocycles. The quantitative estimate of drug-likeness (QED) is 0.222. The van der Waals surface area contributed by atoms with Gasteiger partial charge in [-0.1, -0.05) is 0 Å². The van der Waals surface area contributed by atoms with Crippen molar-refractivity contribution in [2.45, 2.75) is 0 Å². The molecule has 0 aromatic heterocycles. The van der Waals surface area contributed by atoms with Gasteiger partial charge in [0.15, 0.2) is 0 Å². The Hall–Kier alpha value is -1.64. The summed E-state index contributed by atoms with van der Waals surface area (Å²) in [5.41, 5.74) is 16.3. The molecule has 6 heteroatoms. The fourth-order valence-electron chi connectivity index (χ4n) is 0.966. The minimum absolute atomic E-state index is 0.591. The molecule has 0 aliphatic carbocycles.